The fraction of sp³-hybridized carbons (Fsp3) is 0.316. The van der Waals surface area contributed by atoms with Gasteiger partial charge in [0.05, 0.1) is 14.2 Å². The zero-order chi connectivity index (χ0) is 17.5. The summed E-state index contributed by atoms with van der Waals surface area (Å²) in [7, 11) is 3.07. The molecule has 5 nitrogen and oxygen atoms in total. The van der Waals surface area contributed by atoms with E-state index in [1.165, 1.54) is 26.4 Å². The number of aryl methyl sites for hydroxylation is 2. The fourth-order valence-corrected chi connectivity index (χ4v) is 2.44. The Morgan fingerprint density at radius 2 is 1.25 bits per heavy atom. The van der Waals surface area contributed by atoms with E-state index in [4.69, 9.17) is 9.47 Å². The molecule has 0 aromatic heterocycles. The van der Waals surface area contributed by atoms with Gasteiger partial charge in [0.25, 0.3) is 0 Å². The van der Waals surface area contributed by atoms with Gasteiger partial charge in [0.2, 0.25) is 0 Å². The number of ketones is 1. The van der Waals surface area contributed by atoms with E-state index in [2.05, 4.69) is 0 Å². The van der Waals surface area contributed by atoms with Gasteiger partial charge in [-0.15, -0.1) is 0 Å². The molecule has 2 rings (SSSR count). The molecule has 0 spiro atoms. The number of aromatic hydroxyl groups is 2. The Morgan fingerprint density at radius 1 is 0.833 bits per heavy atom. The topological polar surface area (TPSA) is 76.0 Å². The van der Waals surface area contributed by atoms with E-state index >= 15 is 0 Å². The van der Waals surface area contributed by atoms with Crippen molar-refractivity contribution in [1.29, 1.82) is 0 Å². The van der Waals surface area contributed by atoms with Crippen molar-refractivity contribution in [3.63, 3.8) is 0 Å². The van der Waals surface area contributed by atoms with E-state index < -0.39 is 0 Å². The van der Waals surface area contributed by atoms with E-state index in [1.807, 2.05) is 0 Å². The van der Waals surface area contributed by atoms with Gasteiger partial charge in [0.15, 0.2) is 0 Å². The summed E-state index contributed by atoms with van der Waals surface area (Å²) in [5.74, 6) is 1.51. The van der Waals surface area contributed by atoms with Crippen molar-refractivity contribution in [2.75, 3.05) is 14.2 Å². The Bertz CT molecular complexity index is 649. The summed E-state index contributed by atoms with van der Waals surface area (Å²) >= 11 is 0. The van der Waals surface area contributed by atoms with Crippen LogP contribution in [0.2, 0.25) is 0 Å². The van der Waals surface area contributed by atoms with Crippen LogP contribution in [0.1, 0.15) is 24.0 Å². The van der Waals surface area contributed by atoms with Crippen molar-refractivity contribution in [3.05, 3.63) is 47.5 Å². The molecule has 0 amide bonds. The van der Waals surface area contributed by atoms with E-state index in [-0.39, 0.29) is 17.3 Å². The van der Waals surface area contributed by atoms with Crippen LogP contribution in [0.25, 0.3) is 0 Å². The first-order chi connectivity index (χ1) is 11.5. The van der Waals surface area contributed by atoms with Gasteiger partial charge in [-0.05, 0) is 36.1 Å². The summed E-state index contributed by atoms with van der Waals surface area (Å²) < 4.78 is 10.1. The molecule has 0 aliphatic rings. The maximum absolute atomic E-state index is 12.0. The third kappa shape index (κ3) is 4.65. The van der Waals surface area contributed by atoms with Gasteiger partial charge < -0.3 is 19.7 Å². The maximum atomic E-state index is 12.0. The van der Waals surface area contributed by atoms with Crippen molar-refractivity contribution < 1.29 is 24.5 Å². The van der Waals surface area contributed by atoms with Crippen LogP contribution in [-0.2, 0) is 17.6 Å². The van der Waals surface area contributed by atoms with Crippen LogP contribution in [0.5, 0.6) is 23.0 Å². The van der Waals surface area contributed by atoms with Crippen LogP contribution in [0.3, 0.4) is 0 Å². The maximum Gasteiger partial charge on any atom is 0.133 e. The molecule has 0 atom stereocenters. The lowest BCUT2D eigenvalue weighted by Gasteiger charge is -2.08. The number of methoxy groups -OCH3 is 2. The predicted octanol–water partition coefficient (Wildman–Crippen LogP) is 3.25. The van der Waals surface area contributed by atoms with Gasteiger partial charge in [-0.25, -0.2) is 0 Å². The minimum absolute atomic E-state index is 0.0837. The molecule has 0 fully saturated rings. The molecule has 2 aromatic rings. The fourth-order valence-electron chi connectivity index (χ4n) is 2.44. The van der Waals surface area contributed by atoms with Gasteiger partial charge >= 0.3 is 0 Å². The first-order valence-corrected chi connectivity index (χ1v) is 7.77. The van der Waals surface area contributed by atoms with Crippen molar-refractivity contribution in [2.24, 2.45) is 0 Å². The number of ether oxygens (including phenoxy) is 2. The first-order valence-electron chi connectivity index (χ1n) is 7.77. The highest BCUT2D eigenvalue weighted by atomic mass is 16.5. The van der Waals surface area contributed by atoms with Gasteiger partial charge in [-0.1, -0.05) is 12.1 Å². The van der Waals surface area contributed by atoms with E-state index in [9.17, 15) is 15.0 Å². The molecule has 128 valence electrons. The highest BCUT2D eigenvalue weighted by Gasteiger charge is 2.09. The Balaban J connectivity index is 1.85. The third-order valence-corrected chi connectivity index (χ3v) is 3.93. The SMILES string of the molecule is COc1ccc(CCC(=O)CCc2ccc(OC)cc2O)c(O)c1. The Hall–Kier alpha value is -2.69. The van der Waals surface area contributed by atoms with Crippen LogP contribution in [0.15, 0.2) is 36.4 Å². The second kappa shape index (κ2) is 8.24. The molecule has 0 saturated heterocycles. The van der Waals surface area contributed by atoms with Gasteiger partial charge in [0, 0.05) is 25.0 Å². The van der Waals surface area contributed by atoms with Crippen molar-refractivity contribution >= 4 is 5.78 Å². The lowest BCUT2D eigenvalue weighted by atomic mass is 10.0. The monoisotopic (exact) mass is 330 g/mol. The molecule has 0 unspecified atom stereocenters. The lowest BCUT2D eigenvalue weighted by Crippen LogP contribution is -2.02. The molecule has 0 aliphatic carbocycles. The molecular weight excluding hydrogens is 308 g/mol. The van der Waals surface area contributed by atoms with Crippen LogP contribution in [0, 0.1) is 0 Å². The summed E-state index contributed by atoms with van der Waals surface area (Å²) in [4.78, 5) is 12.0. The quantitative estimate of drug-likeness (QED) is 0.777. The molecule has 5 heteroatoms. The summed E-state index contributed by atoms with van der Waals surface area (Å²) in [6.07, 6.45) is 1.64. The van der Waals surface area contributed by atoms with Gasteiger partial charge in [0.1, 0.15) is 28.8 Å². The van der Waals surface area contributed by atoms with E-state index in [0.29, 0.717) is 37.2 Å². The number of Topliss-reactive ketones (excluding diaryl/α,β-unsaturated/α-hetero) is 1. The zero-order valence-corrected chi connectivity index (χ0v) is 13.9. The minimum Gasteiger partial charge on any atom is -0.508 e. The van der Waals surface area contributed by atoms with Crippen LogP contribution < -0.4 is 9.47 Å². The normalized spacial score (nSPS) is 10.4. The Morgan fingerprint density at radius 3 is 1.58 bits per heavy atom. The molecule has 0 saturated carbocycles. The minimum atomic E-state index is 0.0837. The molecule has 0 radical (unpaired) electrons. The number of rotatable bonds is 8. The number of carbonyl (C=O) groups is 1. The number of hydrogen-bond donors (Lipinski definition) is 2. The summed E-state index contributed by atoms with van der Waals surface area (Å²) in [6.45, 7) is 0. The van der Waals surface area contributed by atoms with Crippen molar-refractivity contribution in [3.8, 4) is 23.0 Å². The summed E-state index contributed by atoms with van der Waals surface area (Å²) in [6, 6.07) is 10.1. The summed E-state index contributed by atoms with van der Waals surface area (Å²) in [5.41, 5.74) is 1.44. The number of carbonyl (C=O) groups excluding carboxylic acids is 1. The highest BCUT2D eigenvalue weighted by molar-refractivity contribution is 5.79. The number of phenols is 2. The Labute approximate surface area is 141 Å². The largest absolute Gasteiger partial charge is 0.508 e. The number of hydrogen-bond acceptors (Lipinski definition) is 5. The second-order valence-corrected chi connectivity index (χ2v) is 5.53. The Kier molecular flexibility index (Phi) is 6.07. The van der Waals surface area contributed by atoms with E-state index in [0.717, 1.165) is 11.1 Å². The van der Waals surface area contributed by atoms with Crippen molar-refractivity contribution in [1.82, 2.24) is 0 Å². The average Bonchev–Trinajstić information content (AvgIpc) is 2.59. The third-order valence-electron chi connectivity index (χ3n) is 3.93. The first kappa shape index (κ1) is 17.7. The molecule has 0 bridgehead atoms. The number of benzene rings is 2. The summed E-state index contributed by atoms with van der Waals surface area (Å²) in [5, 5.41) is 19.8. The zero-order valence-electron chi connectivity index (χ0n) is 13.9. The van der Waals surface area contributed by atoms with Crippen LogP contribution in [-0.4, -0.2) is 30.2 Å². The van der Waals surface area contributed by atoms with Crippen LogP contribution in [0.4, 0.5) is 0 Å². The van der Waals surface area contributed by atoms with E-state index in [1.54, 1.807) is 24.3 Å². The van der Waals surface area contributed by atoms with Crippen LogP contribution >= 0.6 is 0 Å². The average molecular weight is 330 g/mol. The number of phenolic OH excluding ortho intramolecular Hbond substituents is 2. The molecule has 2 N–H and O–H groups in total. The second-order valence-electron chi connectivity index (χ2n) is 5.53. The molecule has 0 aliphatic heterocycles. The van der Waals surface area contributed by atoms with Gasteiger partial charge in [-0.2, -0.15) is 0 Å². The lowest BCUT2D eigenvalue weighted by molar-refractivity contribution is -0.119. The molecule has 24 heavy (non-hydrogen) atoms. The highest BCUT2D eigenvalue weighted by Crippen LogP contribution is 2.26. The van der Waals surface area contributed by atoms with Crippen molar-refractivity contribution in [2.45, 2.75) is 25.7 Å². The molecule has 2 aromatic carbocycles. The molecule has 0 heterocycles. The standard InChI is InChI=1S/C19H22O5/c1-23-16-9-5-13(18(21)11-16)3-7-15(20)8-4-14-6-10-17(24-2)12-19(14)22/h5-6,9-12,21-22H,3-4,7-8H2,1-2H3. The smallest absolute Gasteiger partial charge is 0.133 e. The molecular formula is C19H22O5. The van der Waals surface area contributed by atoms with Gasteiger partial charge in [-0.3, -0.25) is 4.79 Å². The predicted molar refractivity (Wildman–Crippen MR) is 91.0 cm³/mol.